The standard InChI is InChI=1S/C19H22F2N2O3/c1-4-25-14-7-9-18(26-5-2)17(11-14)22-12(3)19(24)23-16-10-13(20)6-8-15(16)21/h6-12,22H,4-5H2,1-3H3,(H,23,24). The van der Waals surface area contributed by atoms with Crippen LogP contribution in [0.5, 0.6) is 11.5 Å². The number of anilines is 2. The molecule has 0 saturated heterocycles. The van der Waals surface area contributed by atoms with Crippen LogP contribution in [0.4, 0.5) is 20.2 Å². The fourth-order valence-corrected chi connectivity index (χ4v) is 2.29. The smallest absolute Gasteiger partial charge is 0.246 e. The van der Waals surface area contributed by atoms with Crippen molar-refractivity contribution in [3.63, 3.8) is 0 Å². The summed E-state index contributed by atoms with van der Waals surface area (Å²) in [6, 6.07) is 7.39. The maximum Gasteiger partial charge on any atom is 0.246 e. The Hall–Kier alpha value is -2.83. The molecule has 0 aliphatic rings. The van der Waals surface area contributed by atoms with Gasteiger partial charge >= 0.3 is 0 Å². The van der Waals surface area contributed by atoms with Gasteiger partial charge in [0.15, 0.2) is 0 Å². The highest BCUT2D eigenvalue weighted by molar-refractivity contribution is 5.96. The van der Waals surface area contributed by atoms with Crippen LogP contribution in [0.2, 0.25) is 0 Å². The highest BCUT2D eigenvalue weighted by atomic mass is 19.1. The quantitative estimate of drug-likeness (QED) is 0.737. The summed E-state index contributed by atoms with van der Waals surface area (Å²) in [5, 5.41) is 5.39. The maximum atomic E-state index is 13.7. The molecule has 0 fully saturated rings. The molecule has 2 aromatic carbocycles. The summed E-state index contributed by atoms with van der Waals surface area (Å²) in [4.78, 5) is 12.3. The van der Waals surface area contributed by atoms with E-state index in [2.05, 4.69) is 10.6 Å². The second-order valence-electron chi connectivity index (χ2n) is 5.50. The van der Waals surface area contributed by atoms with E-state index in [9.17, 15) is 13.6 Å². The summed E-state index contributed by atoms with van der Waals surface area (Å²) in [5.41, 5.74) is 0.358. The summed E-state index contributed by atoms with van der Waals surface area (Å²) in [6.45, 7) is 6.28. The van der Waals surface area contributed by atoms with Gasteiger partial charge in [-0.25, -0.2) is 8.78 Å². The van der Waals surface area contributed by atoms with Crippen molar-refractivity contribution in [2.45, 2.75) is 26.8 Å². The number of ether oxygens (including phenoxy) is 2. The second-order valence-corrected chi connectivity index (χ2v) is 5.50. The van der Waals surface area contributed by atoms with Crippen molar-refractivity contribution in [1.82, 2.24) is 0 Å². The first-order valence-corrected chi connectivity index (χ1v) is 8.36. The number of amides is 1. The average molecular weight is 364 g/mol. The molecule has 1 atom stereocenters. The summed E-state index contributed by atoms with van der Waals surface area (Å²) < 4.78 is 37.9. The second kappa shape index (κ2) is 9.03. The molecule has 0 heterocycles. The lowest BCUT2D eigenvalue weighted by atomic mass is 10.2. The van der Waals surface area contributed by atoms with Gasteiger partial charge in [0.2, 0.25) is 5.91 Å². The molecule has 0 radical (unpaired) electrons. The lowest BCUT2D eigenvalue weighted by molar-refractivity contribution is -0.116. The molecular weight excluding hydrogens is 342 g/mol. The largest absolute Gasteiger partial charge is 0.494 e. The Morgan fingerprint density at radius 2 is 1.77 bits per heavy atom. The molecule has 7 heteroatoms. The minimum absolute atomic E-state index is 0.211. The highest BCUT2D eigenvalue weighted by Gasteiger charge is 2.17. The van der Waals surface area contributed by atoms with Gasteiger partial charge in [-0.15, -0.1) is 0 Å². The first kappa shape index (κ1) is 19.5. The Labute approximate surface area is 151 Å². The summed E-state index contributed by atoms with van der Waals surface area (Å²) in [7, 11) is 0. The number of hydrogen-bond donors (Lipinski definition) is 2. The Balaban J connectivity index is 2.14. The summed E-state index contributed by atoms with van der Waals surface area (Å²) in [6.07, 6.45) is 0. The van der Waals surface area contributed by atoms with E-state index in [1.807, 2.05) is 13.8 Å². The molecule has 2 rings (SSSR count). The average Bonchev–Trinajstić information content (AvgIpc) is 2.60. The number of nitrogens with one attached hydrogen (secondary N) is 2. The van der Waals surface area contributed by atoms with Crippen LogP contribution >= 0.6 is 0 Å². The molecule has 2 N–H and O–H groups in total. The number of carbonyl (C=O) groups excluding carboxylic acids is 1. The number of benzene rings is 2. The van der Waals surface area contributed by atoms with E-state index in [0.29, 0.717) is 30.4 Å². The zero-order valence-electron chi connectivity index (χ0n) is 14.9. The van der Waals surface area contributed by atoms with Crippen LogP contribution in [0.1, 0.15) is 20.8 Å². The first-order valence-electron chi connectivity index (χ1n) is 8.36. The third kappa shape index (κ3) is 5.08. The molecule has 26 heavy (non-hydrogen) atoms. The Morgan fingerprint density at radius 3 is 2.46 bits per heavy atom. The van der Waals surface area contributed by atoms with Crippen molar-refractivity contribution in [1.29, 1.82) is 0 Å². The van der Waals surface area contributed by atoms with Crippen molar-refractivity contribution < 1.29 is 23.0 Å². The lowest BCUT2D eigenvalue weighted by Gasteiger charge is -2.19. The van der Waals surface area contributed by atoms with Crippen molar-refractivity contribution in [3.8, 4) is 11.5 Å². The molecule has 5 nitrogen and oxygen atoms in total. The van der Waals surface area contributed by atoms with E-state index in [-0.39, 0.29) is 5.69 Å². The van der Waals surface area contributed by atoms with Crippen LogP contribution in [-0.2, 0) is 4.79 Å². The monoisotopic (exact) mass is 364 g/mol. The Morgan fingerprint density at radius 1 is 1.04 bits per heavy atom. The predicted molar refractivity (Wildman–Crippen MR) is 96.9 cm³/mol. The van der Waals surface area contributed by atoms with Crippen LogP contribution in [0.15, 0.2) is 36.4 Å². The SMILES string of the molecule is CCOc1ccc(OCC)c(NC(C)C(=O)Nc2cc(F)ccc2F)c1. The molecule has 140 valence electrons. The van der Waals surface area contributed by atoms with Crippen LogP contribution in [0.3, 0.4) is 0 Å². The van der Waals surface area contributed by atoms with Gasteiger partial charge in [-0.1, -0.05) is 0 Å². The van der Waals surface area contributed by atoms with Gasteiger partial charge in [-0.3, -0.25) is 4.79 Å². The normalized spacial score (nSPS) is 11.6. The third-order valence-corrected chi connectivity index (χ3v) is 3.51. The van der Waals surface area contributed by atoms with Crippen molar-refractivity contribution in [2.75, 3.05) is 23.8 Å². The molecule has 0 bridgehead atoms. The zero-order chi connectivity index (χ0) is 19.1. The van der Waals surface area contributed by atoms with Crippen molar-refractivity contribution >= 4 is 17.3 Å². The van der Waals surface area contributed by atoms with Crippen LogP contribution in [-0.4, -0.2) is 25.2 Å². The van der Waals surface area contributed by atoms with Gasteiger partial charge in [-0.2, -0.15) is 0 Å². The topological polar surface area (TPSA) is 59.6 Å². The van der Waals surface area contributed by atoms with E-state index in [0.717, 1.165) is 18.2 Å². The maximum absolute atomic E-state index is 13.7. The molecule has 1 unspecified atom stereocenters. The van der Waals surface area contributed by atoms with Crippen molar-refractivity contribution in [3.05, 3.63) is 48.0 Å². The van der Waals surface area contributed by atoms with E-state index >= 15 is 0 Å². The van der Waals surface area contributed by atoms with E-state index in [1.54, 1.807) is 25.1 Å². The van der Waals surface area contributed by atoms with Gasteiger partial charge < -0.3 is 20.1 Å². The summed E-state index contributed by atoms with van der Waals surface area (Å²) in [5.74, 6) is -0.667. The molecule has 0 aliphatic carbocycles. The lowest BCUT2D eigenvalue weighted by Crippen LogP contribution is -2.32. The van der Waals surface area contributed by atoms with Gasteiger partial charge in [0.05, 0.1) is 24.6 Å². The molecule has 0 spiro atoms. The minimum Gasteiger partial charge on any atom is -0.494 e. The predicted octanol–water partition coefficient (Wildman–Crippen LogP) is 4.20. The van der Waals surface area contributed by atoms with E-state index in [4.69, 9.17) is 9.47 Å². The first-order chi connectivity index (χ1) is 12.4. The zero-order valence-corrected chi connectivity index (χ0v) is 14.9. The number of halogens is 2. The van der Waals surface area contributed by atoms with Gasteiger partial charge in [-0.05, 0) is 45.0 Å². The van der Waals surface area contributed by atoms with Crippen molar-refractivity contribution in [2.24, 2.45) is 0 Å². The molecule has 2 aromatic rings. The van der Waals surface area contributed by atoms with E-state index in [1.165, 1.54) is 0 Å². The van der Waals surface area contributed by atoms with Crippen LogP contribution in [0.25, 0.3) is 0 Å². The summed E-state index contributed by atoms with van der Waals surface area (Å²) >= 11 is 0. The Bertz CT molecular complexity index is 768. The minimum atomic E-state index is -0.728. The third-order valence-electron chi connectivity index (χ3n) is 3.51. The molecule has 0 aliphatic heterocycles. The van der Waals surface area contributed by atoms with E-state index < -0.39 is 23.6 Å². The van der Waals surface area contributed by atoms with Gasteiger partial charge in [0.1, 0.15) is 29.2 Å². The van der Waals surface area contributed by atoms with Gasteiger partial charge in [0, 0.05) is 12.1 Å². The van der Waals surface area contributed by atoms with Gasteiger partial charge in [0.25, 0.3) is 0 Å². The van der Waals surface area contributed by atoms with Crippen LogP contribution in [0, 0.1) is 11.6 Å². The molecular formula is C19H22F2N2O3. The number of carbonyl (C=O) groups is 1. The van der Waals surface area contributed by atoms with Crippen LogP contribution < -0.4 is 20.1 Å². The molecule has 1 amide bonds. The molecule has 0 saturated carbocycles. The Kier molecular flexibility index (Phi) is 6.77. The molecule has 0 aromatic heterocycles. The number of hydrogen-bond acceptors (Lipinski definition) is 4. The number of rotatable bonds is 8. The fraction of sp³-hybridized carbons (Fsp3) is 0.316. The fourth-order valence-electron chi connectivity index (χ4n) is 2.29. The highest BCUT2D eigenvalue weighted by Crippen LogP contribution is 2.30.